The molecule has 0 aliphatic carbocycles. The zero-order valence-electron chi connectivity index (χ0n) is 7.09. The third-order valence-corrected chi connectivity index (χ3v) is 0.990. The SMILES string of the molecule is CC(C)(C)Oc1c[c]ccn1. The summed E-state index contributed by atoms with van der Waals surface area (Å²) in [6.07, 6.45) is 1.67. The normalized spacial score (nSPS) is 11.2. The summed E-state index contributed by atoms with van der Waals surface area (Å²) in [7, 11) is 0. The van der Waals surface area contributed by atoms with Gasteiger partial charge >= 0.3 is 0 Å². The van der Waals surface area contributed by atoms with Gasteiger partial charge < -0.3 is 4.74 Å². The number of aromatic nitrogens is 1. The van der Waals surface area contributed by atoms with Crippen LogP contribution in [0.25, 0.3) is 0 Å². The molecule has 0 fully saturated rings. The summed E-state index contributed by atoms with van der Waals surface area (Å²) in [6.45, 7) is 5.96. The predicted octanol–water partition coefficient (Wildman–Crippen LogP) is 2.06. The van der Waals surface area contributed by atoms with Crippen molar-refractivity contribution < 1.29 is 4.74 Å². The first-order valence-electron chi connectivity index (χ1n) is 3.59. The molecule has 11 heavy (non-hydrogen) atoms. The van der Waals surface area contributed by atoms with Crippen molar-refractivity contribution in [3.63, 3.8) is 0 Å². The van der Waals surface area contributed by atoms with Gasteiger partial charge in [0.15, 0.2) is 0 Å². The molecule has 0 aliphatic rings. The van der Waals surface area contributed by atoms with Gasteiger partial charge in [-0.15, -0.1) is 0 Å². The summed E-state index contributed by atoms with van der Waals surface area (Å²) >= 11 is 0. The van der Waals surface area contributed by atoms with E-state index in [0.717, 1.165) is 0 Å². The average Bonchev–Trinajstić information content (AvgIpc) is 1.85. The summed E-state index contributed by atoms with van der Waals surface area (Å²) in [5.41, 5.74) is -0.178. The molecular formula is C9H12NO. The molecule has 0 saturated carbocycles. The minimum absolute atomic E-state index is 0.178. The van der Waals surface area contributed by atoms with E-state index in [9.17, 15) is 0 Å². The van der Waals surface area contributed by atoms with Crippen LogP contribution >= 0.6 is 0 Å². The molecule has 0 N–H and O–H groups in total. The maximum atomic E-state index is 5.46. The van der Waals surface area contributed by atoms with Gasteiger partial charge in [0, 0.05) is 12.3 Å². The van der Waals surface area contributed by atoms with Crippen molar-refractivity contribution in [3.8, 4) is 5.88 Å². The van der Waals surface area contributed by atoms with Gasteiger partial charge in [0.25, 0.3) is 0 Å². The number of rotatable bonds is 1. The molecule has 0 amide bonds. The summed E-state index contributed by atoms with van der Waals surface area (Å²) in [5.74, 6) is 0.625. The van der Waals surface area contributed by atoms with E-state index in [1.165, 1.54) is 0 Å². The molecule has 1 rings (SSSR count). The van der Waals surface area contributed by atoms with Gasteiger partial charge in [-0.2, -0.15) is 0 Å². The summed E-state index contributed by atoms with van der Waals surface area (Å²) in [5, 5.41) is 0. The zero-order chi connectivity index (χ0) is 8.32. The Hall–Kier alpha value is -1.05. The molecule has 0 aromatic carbocycles. The van der Waals surface area contributed by atoms with E-state index >= 15 is 0 Å². The highest BCUT2D eigenvalue weighted by molar-refractivity contribution is 5.08. The molecule has 2 nitrogen and oxygen atoms in total. The maximum Gasteiger partial charge on any atom is 0.214 e. The summed E-state index contributed by atoms with van der Waals surface area (Å²) in [4.78, 5) is 4.01. The molecule has 1 heterocycles. The smallest absolute Gasteiger partial charge is 0.214 e. The van der Waals surface area contributed by atoms with Crippen molar-refractivity contribution >= 4 is 0 Å². The number of pyridine rings is 1. The molecule has 1 radical (unpaired) electrons. The molecule has 0 atom stereocenters. The van der Waals surface area contributed by atoms with Gasteiger partial charge in [0.05, 0.1) is 0 Å². The van der Waals surface area contributed by atoms with Gasteiger partial charge in [0.2, 0.25) is 5.88 Å². The van der Waals surface area contributed by atoms with Crippen molar-refractivity contribution in [3.05, 3.63) is 24.4 Å². The quantitative estimate of drug-likeness (QED) is 0.611. The van der Waals surface area contributed by atoms with Crippen LogP contribution in [0.4, 0.5) is 0 Å². The highest BCUT2D eigenvalue weighted by Crippen LogP contribution is 2.12. The monoisotopic (exact) mass is 150 g/mol. The Morgan fingerprint density at radius 1 is 1.45 bits per heavy atom. The molecule has 1 aromatic heterocycles. The standard InChI is InChI=1S/C9H12NO/c1-9(2,3)11-8-6-4-5-7-10-8/h5-7H,1-3H3. The summed E-state index contributed by atoms with van der Waals surface area (Å²) < 4.78 is 5.46. The van der Waals surface area contributed by atoms with Gasteiger partial charge in [-0.1, -0.05) is 0 Å². The van der Waals surface area contributed by atoms with E-state index in [1.54, 1.807) is 18.3 Å². The molecule has 59 valence electrons. The number of hydrogen-bond donors (Lipinski definition) is 0. The average molecular weight is 150 g/mol. The van der Waals surface area contributed by atoms with Crippen LogP contribution in [-0.4, -0.2) is 10.6 Å². The van der Waals surface area contributed by atoms with E-state index in [1.807, 2.05) is 20.8 Å². The molecule has 0 bridgehead atoms. The van der Waals surface area contributed by atoms with Gasteiger partial charge in [0.1, 0.15) is 5.60 Å². The number of ether oxygens (including phenoxy) is 1. The second kappa shape index (κ2) is 2.91. The fourth-order valence-electron chi connectivity index (χ4n) is 0.680. The lowest BCUT2D eigenvalue weighted by molar-refractivity contribution is 0.124. The Morgan fingerprint density at radius 3 is 2.64 bits per heavy atom. The fraction of sp³-hybridized carbons (Fsp3) is 0.444. The van der Waals surface area contributed by atoms with Crippen molar-refractivity contribution in [1.29, 1.82) is 0 Å². The van der Waals surface area contributed by atoms with Crippen LogP contribution < -0.4 is 4.74 Å². The Morgan fingerprint density at radius 2 is 2.18 bits per heavy atom. The van der Waals surface area contributed by atoms with E-state index in [0.29, 0.717) is 5.88 Å². The van der Waals surface area contributed by atoms with E-state index in [-0.39, 0.29) is 5.60 Å². The Labute approximate surface area is 67.2 Å². The third-order valence-electron chi connectivity index (χ3n) is 0.990. The van der Waals surface area contributed by atoms with Crippen LogP contribution in [0.1, 0.15) is 20.8 Å². The lowest BCUT2D eigenvalue weighted by Crippen LogP contribution is -2.23. The molecule has 0 aliphatic heterocycles. The molecule has 2 heteroatoms. The lowest BCUT2D eigenvalue weighted by Gasteiger charge is -2.19. The van der Waals surface area contributed by atoms with E-state index in [4.69, 9.17) is 4.74 Å². The summed E-state index contributed by atoms with van der Waals surface area (Å²) in [6, 6.07) is 6.37. The van der Waals surface area contributed by atoms with Crippen molar-refractivity contribution in [2.75, 3.05) is 0 Å². The van der Waals surface area contributed by atoms with Crippen LogP contribution in [-0.2, 0) is 0 Å². The van der Waals surface area contributed by atoms with Crippen LogP contribution in [0, 0.1) is 6.07 Å². The number of nitrogens with zero attached hydrogens (tertiary/aromatic N) is 1. The second-order valence-corrected chi connectivity index (χ2v) is 3.31. The Kier molecular flexibility index (Phi) is 2.13. The lowest BCUT2D eigenvalue weighted by atomic mass is 10.2. The third kappa shape index (κ3) is 3.03. The van der Waals surface area contributed by atoms with Crippen molar-refractivity contribution in [2.45, 2.75) is 26.4 Å². The Balaban J connectivity index is 2.66. The first-order chi connectivity index (χ1) is 5.08. The molecule has 0 unspecified atom stereocenters. The maximum absolute atomic E-state index is 5.46. The van der Waals surface area contributed by atoms with Crippen LogP contribution in [0.2, 0.25) is 0 Å². The number of hydrogen-bond acceptors (Lipinski definition) is 2. The zero-order valence-corrected chi connectivity index (χ0v) is 7.09. The van der Waals surface area contributed by atoms with Crippen LogP contribution in [0.15, 0.2) is 18.3 Å². The highest BCUT2D eigenvalue weighted by Gasteiger charge is 2.11. The Bertz CT molecular complexity index is 213. The highest BCUT2D eigenvalue weighted by atomic mass is 16.5. The van der Waals surface area contributed by atoms with E-state index in [2.05, 4.69) is 11.1 Å². The topological polar surface area (TPSA) is 22.1 Å². The minimum atomic E-state index is -0.178. The van der Waals surface area contributed by atoms with E-state index < -0.39 is 0 Å². The molecule has 0 spiro atoms. The minimum Gasteiger partial charge on any atom is -0.472 e. The van der Waals surface area contributed by atoms with Crippen molar-refractivity contribution in [2.24, 2.45) is 0 Å². The van der Waals surface area contributed by atoms with Gasteiger partial charge in [-0.3, -0.25) is 0 Å². The van der Waals surface area contributed by atoms with Gasteiger partial charge in [-0.05, 0) is 32.9 Å². The predicted molar refractivity (Wildman–Crippen MR) is 43.5 cm³/mol. The molecular weight excluding hydrogens is 138 g/mol. The van der Waals surface area contributed by atoms with Crippen LogP contribution in [0.3, 0.4) is 0 Å². The second-order valence-electron chi connectivity index (χ2n) is 3.31. The molecule has 1 aromatic rings. The molecule has 0 saturated heterocycles. The first kappa shape index (κ1) is 8.05. The van der Waals surface area contributed by atoms with Crippen molar-refractivity contribution in [1.82, 2.24) is 4.98 Å². The largest absolute Gasteiger partial charge is 0.472 e. The first-order valence-corrected chi connectivity index (χ1v) is 3.59. The fourth-order valence-corrected chi connectivity index (χ4v) is 0.680. The van der Waals surface area contributed by atoms with Crippen LogP contribution in [0.5, 0.6) is 5.88 Å². The van der Waals surface area contributed by atoms with Gasteiger partial charge in [-0.25, -0.2) is 4.98 Å².